The normalized spacial score (nSPS) is 16.1. The lowest BCUT2D eigenvalue weighted by atomic mass is 10.1. The molecular weight excluding hydrogens is 437 g/mol. The van der Waals surface area contributed by atoms with Crippen LogP contribution in [0.4, 0.5) is 5.82 Å². The molecule has 3 N–H and O–H groups in total. The van der Waals surface area contributed by atoms with E-state index in [-0.39, 0.29) is 24.8 Å². The van der Waals surface area contributed by atoms with Gasteiger partial charge in [0.1, 0.15) is 5.82 Å². The van der Waals surface area contributed by atoms with Gasteiger partial charge in [-0.2, -0.15) is 0 Å². The van der Waals surface area contributed by atoms with Gasteiger partial charge in [0, 0.05) is 36.8 Å². The Labute approximate surface area is 187 Å². The van der Waals surface area contributed by atoms with Crippen LogP contribution in [0, 0.1) is 0 Å². The fourth-order valence-electron chi connectivity index (χ4n) is 3.00. The smallest absolute Gasteiger partial charge is 0.267 e. The first kappa shape index (κ1) is 25.1. The molecule has 0 unspecified atom stereocenters. The molecule has 1 aromatic carbocycles. The Balaban J connectivity index is 0.00000210. The predicted octanol–water partition coefficient (Wildman–Crippen LogP) is 3.22. The number of likely N-dealkylation sites (tertiary alicyclic amines) is 1. The van der Waals surface area contributed by atoms with Crippen LogP contribution < -0.4 is 10.8 Å². The minimum absolute atomic E-state index is 0. The molecule has 1 aromatic heterocycles. The van der Waals surface area contributed by atoms with E-state index >= 15 is 0 Å². The van der Waals surface area contributed by atoms with Gasteiger partial charge in [0.05, 0.1) is 18.1 Å². The van der Waals surface area contributed by atoms with Crippen molar-refractivity contribution in [2.75, 3.05) is 25.0 Å². The van der Waals surface area contributed by atoms with Crippen LogP contribution >= 0.6 is 36.4 Å². The molecule has 10 heteroatoms. The molecule has 1 saturated heterocycles. The van der Waals surface area contributed by atoms with Gasteiger partial charge in [-0.3, -0.25) is 15.0 Å². The highest BCUT2D eigenvalue weighted by atomic mass is 35.5. The third kappa shape index (κ3) is 8.16. The van der Waals surface area contributed by atoms with E-state index in [0.29, 0.717) is 17.6 Å². The molecule has 2 aromatic rings. The van der Waals surface area contributed by atoms with Gasteiger partial charge in [0.15, 0.2) is 0 Å². The second-order valence-corrected chi connectivity index (χ2v) is 6.88. The third-order valence-corrected chi connectivity index (χ3v) is 4.69. The van der Waals surface area contributed by atoms with Crippen molar-refractivity contribution in [3.05, 3.63) is 59.0 Å². The third-order valence-electron chi connectivity index (χ3n) is 4.44. The van der Waals surface area contributed by atoms with E-state index in [1.807, 2.05) is 12.1 Å². The summed E-state index contributed by atoms with van der Waals surface area (Å²) in [5.74, 6) is 0.104. The molecule has 3 rings (SSSR count). The van der Waals surface area contributed by atoms with Crippen LogP contribution in [-0.2, 0) is 11.2 Å². The molecule has 2 heterocycles. The number of rotatable bonds is 7. The Morgan fingerprint density at radius 1 is 1.24 bits per heavy atom. The largest absolute Gasteiger partial charge is 0.365 e. The number of hydrogen-bond donors (Lipinski definition) is 3. The zero-order valence-corrected chi connectivity index (χ0v) is 18.0. The summed E-state index contributed by atoms with van der Waals surface area (Å²) >= 11 is 5.92. The van der Waals surface area contributed by atoms with Crippen LogP contribution in [0.15, 0.2) is 42.7 Å². The average molecular weight is 461 g/mol. The predicted molar refractivity (Wildman–Crippen MR) is 119 cm³/mol. The van der Waals surface area contributed by atoms with Crippen LogP contribution in [0.3, 0.4) is 0 Å². The Kier molecular flexibility index (Phi) is 10.9. The molecular formula is C19H24Cl3N5O2. The highest BCUT2D eigenvalue weighted by Crippen LogP contribution is 2.16. The molecule has 0 bridgehead atoms. The van der Waals surface area contributed by atoms with Crippen molar-refractivity contribution in [2.45, 2.75) is 18.9 Å². The maximum absolute atomic E-state index is 11.0. The molecule has 1 aliphatic heterocycles. The Bertz CT molecular complexity index is 787. The summed E-state index contributed by atoms with van der Waals surface area (Å²) in [4.78, 5) is 21.9. The van der Waals surface area contributed by atoms with Crippen molar-refractivity contribution < 1.29 is 10.0 Å². The van der Waals surface area contributed by atoms with Crippen LogP contribution in [-0.4, -0.2) is 51.7 Å². The SMILES string of the molecule is Cl.Cl.O=C(/C=C/c1cnc(N[C@@H]2CCN(CCc3ccc(Cl)cc3)C2)cn1)NO. The van der Waals surface area contributed by atoms with Crippen LogP contribution in [0.25, 0.3) is 6.08 Å². The minimum atomic E-state index is -0.608. The summed E-state index contributed by atoms with van der Waals surface area (Å²) in [6, 6.07) is 8.34. The van der Waals surface area contributed by atoms with E-state index in [0.717, 1.165) is 37.5 Å². The van der Waals surface area contributed by atoms with Gasteiger partial charge in [0.25, 0.3) is 5.91 Å². The molecule has 0 aliphatic carbocycles. The maximum atomic E-state index is 11.0. The van der Waals surface area contributed by atoms with E-state index in [9.17, 15) is 4.79 Å². The number of amides is 1. The molecule has 1 amide bonds. The van der Waals surface area contributed by atoms with Gasteiger partial charge in [-0.25, -0.2) is 10.5 Å². The highest BCUT2D eigenvalue weighted by Gasteiger charge is 2.22. The lowest BCUT2D eigenvalue weighted by molar-refractivity contribution is -0.124. The molecule has 1 atom stereocenters. The van der Waals surface area contributed by atoms with Crippen molar-refractivity contribution in [1.82, 2.24) is 20.3 Å². The number of hydrogen-bond acceptors (Lipinski definition) is 6. The Morgan fingerprint density at radius 2 is 2.00 bits per heavy atom. The number of halogens is 3. The quantitative estimate of drug-likeness (QED) is 0.334. The molecule has 0 spiro atoms. The minimum Gasteiger partial charge on any atom is -0.365 e. The number of aromatic nitrogens is 2. The molecule has 1 aliphatic rings. The summed E-state index contributed by atoms with van der Waals surface area (Å²) < 4.78 is 0. The number of hydroxylamine groups is 1. The second-order valence-electron chi connectivity index (χ2n) is 6.44. The molecule has 7 nitrogen and oxygen atoms in total. The van der Waals surface area contributed by atoms with E-state index in [4.69, 9.17) is 16.8 Å². The van der Waals surface area contributed by atoms with E-state index in [1.54, 1.807) is 12.4 Å². The highest BCUT2D eigenvalue weighted by molar-refractivity contribution is 6.30. The molecule has 1 fully saturated rings. The monoisotopic (exact) mass is 459 g/mol. The van der Waals surface area contributed by atoms with Crippen LogP contribution in [0.5, 0.6) is 0 Å². The lowest BCUT2D eigenvalue weighted by Crippen LogP contribution is -2.28. The fourth-order valence-corrected chi connectivity index (χ4v) is 3.12. The number of anilines is 1. The molecule has 0 radical (unpaired) electrons. The van der Waals surface area contributed by atoms with Crippen molar-refractivity contribution in [3.63, 3.8) is 0 Å². The Hall–Kier alpha value is -1.90. The number of nitrogens with zero attached hydrogens (tertiary/aromatic N) is 3. The van der Waals surface area contributed by atoms with Crippen molar-refractivity contribution >= 4 is 54.2 Å². The van der Waals surface area contributed by atoms with Gasteiger partial charge >= 0.3 is 0 Å². The first-order chi connectivity index (χ1) is 13.1. The number of benzene rings is 1. The average Bonchev–Trinajstić information content (AvgIpc) is 3.14. The topological polar surface area (TPSA) is 90.4 Å². The van der Waals surface area contributed by atoms with E-state index in [1.165, 1.54) is 23.2 Å². The first-order valence-corrected chi connectivity index (χ1v) is 9.18. The molecule has 0 saturated carbocycles. The summed E-state index contributed by atoms with van der Waals surface area (Å²) in [7, 11) is 0. The van der Waals surface area contributed by atoms with Crippen LogP contribution in [0.2, 0.25) is 5.02 Å². The van der Waals surface area contributed by atoms with Gasteiger partial charge in [-0.15, -0.1) is 24.8 Å². The van der Waals surface area contributed by atoms with E-state index in [2.05, 4.69) is 32.3 Å². The lowest BCUT2D eigenvalue weighted by Gasteiger charge is -2.17. The van der Waals surface area contributed by atoms with Gasteiger partial charge in [0.2, 0.25) is 0 Å². The van der Waals surface area contributed by atoms with Crippen molar-refractivity contribution in [3.8, 4) is 0 Å². The van der Waals surface area contributed by atoms with Crippen LogP contribution in [0.1, 0.15) is 17.7 Å². The fraction of sp³-hybridized carbons (Fsp3) is 0.316. The summed E-state index contributed by atoms with van der Waals surface area (Å²) in [6.07, 6.45) is 7.96. The zero-order valence-electron chi connectivity index (χ0n) is 15.6. The summed E-state index contributed by atoms with van der Waals surface area (Å²) in [6.45, 7) is 3.03. The Morgan fingerprint density at radius 3 is 2.66 bits per heavy atom. The van der Waals surface area contributed by atoms with Gasteiger partial charge in [-0.1, -0.05) is 23.7 Å². The zero-order chi connectivity index (χ0) is 19.1. The van der Waals surface area contributed by atoms with Crippen molar-refractivity contribution in [1.29, 1.82) is 0 Å². The molecule has 158 valence electrons. The number of carbonyl (C=O) groups is 1. The summed E-state index contributed by atoms with van der Waals surface area (Å²) in [5, 5.41) is 12.6. The van der Waals surface area contributed by atoms with E-state index < -0.39 is 5.91 Å². The number of carbonyl (C=O) groups excluding carboxylic acids is 1. The van der Waals surface area contributed by atoms with Gasteiger partial charge in [-0.05, 0) is 36.6 Å². The summed E-state index contributed by atoms with van der Waals surface area (Å²) in [5.41, 5.74) is 3.36. The maximum Gasteiger partial charge on any atom is 0.267 e. The second kappa shape index (κ2) is 12.6. The first-order valence-electron chi connectivity index (χ1n) is 8.80. The standard InChI is InChI=1S/C19H22ClN5O2.2ClH/c20-15-3-1-14(2-4-15)7-9-25-10-8-17(13-25)23-18-12-21-16(11-22-18)5-6-19(26)24-27;;/h1-6,11-12,17,27H,7-10,13H2,(H,22,23)(H,24,26);2*1H/b6-5+;;/t17-;;/m1../s1. The molecule has 29 heavy (non-hydrogen) atoms. The van der Waals surface area contributed by atoms with Gasteiger partial charge < -0.3 is 10.2 Å². The number of nitrogens with one attached hydrogen (secondary N) is 2. The van der Waals surface area contributed by atoms with Crippen molar-refractivity contribution in [2.24, 2.45) is 0 Å².